The summed E-state index contributed by atoms with van der Waals surface area (Å²) < 4.78 is 0. The number of carbonyl (C=O) groups excluding carboxylic acids is 1. The third-order valence-corrected chi connectivity index (χ3v) is 2.76. The zero-order chi connectivity index (χ0) is 9.90. The molecule has 0 aliphatic heterocycles. The number of hydrogen-bond donors (Lipinski definition) is 2. The van der Waals surface area contributed by atoms with Gasteiger partial charge in [0.05, 0.1) is 0 Å². The highest BCUT2D eigenvalue weighted by molar-refractivity contribution is 5.77. The lowest BCUT2D eigenvalue weighted by Gasteiger charge is -2.15. The molecule has 1 aliphatic carbocycles. The lowest BCUT2D eigenvalue weighted by atomic mass is 10.0. The molecule has 0 radical (unpaired) electrons. The van der Waals surface area contributed by atoms with Crippen molar-refractivity contribution in [2.24, 2.45) is 11.3 Å². The largest absolute Gasteiger partial charge is 0.396 e. The normalized spacial score (nSPS) is 18.8. The van der Waals surface area contributed by atoms with E-state index < -0.39 is 0 Å². The van der Waals surface area contributed by atoms with Crippen molar-refractivity contribution in [3.63, 3.8) is 0 Å². The van der Waals surface area contributed by atoms with E-state index in [1.165, 1.54) is 0 Å². The van der Waals surface area contributed by atoms with Gasteiger partial charge in [0.25, 0.3) is 0 Å². The van der Waals surface area contributed by atoms with Crippen molar-refractivity contribution in [3.8, 4) is 0 Å². The molecule has 3 heteroatoms. The molecule has 0 aromatic heterocycles. The summed E-state index contributed by atoms with van der Waals surface area (Å²) >= 11 is 0. The zero-order valence-electron chi connectivity index (χ0n) is 8.47. The maximum Gasteiger partial charge on any atom is 0.222 e. The lowest BCUT2D eigenvalue weighted by Crippen LogP contribution is -2.33. The van der Waals surface area contributed by atoms with Gasteiger partial charge >= 0.3 is 0 Å². The number of aliphatic hydroxyl groups is 1. The highest BCUT2D eigenvalue weighted by atomic mass is 16.3. The van der Waals surface area contributed by atoms with E-state index >= 15 is 0 Å². The average molecular weight is 185 g/mol. The Morgan fingerprint density at radius 2 is 2.15 bits per heavy atom. The molecule has 0 unspecified atom stereocenters. The van der Waals surface area contributed by atoms with Crippen molar-refractivity contribution in [2.75, 3.05) is 13.2 Å². The van der Waals surface area contributed by atoms with E-state index in [2.05, 4.69) is 5.32 Å². The fourth-order valence-electron chi connectivity index (χ4n) is 1.41. The van der Waals surface area contributed by atoms with Gasteiger partial charge in [-0.25, -0.2) is 0 Å². The predicted molar refractivity (Wildman–Crippen MR) is 51.2 cm³/mol. The summed E-state index contributed by atoms with van der Waals surface area (Å²) in [6.45, 7) is 4.75. The minimum absolute atomic E-state index is 0.0601. The van der Waals surface area contributed by atoms with Crippen LogP contribution in [-0.2, 0) is 4.79 Å². The van der Waals surface area contributed by atoms with Crippen LogP contribution in [0.15, 0.2) is 0 Å². The van der Waals surface area contributed by atoms with Crippen LogP contribution < -0.4 is 5.32 Å². The van der Waals surface area contributed by atoms with Gasteiger partial charge in [-0.2, -0.15) is 0 Å². The molecular formula is C10H19NO2. The Morgan fingerprint density at radius 1 is 1.54 bits per heavy atom. The Hall–Kier alpha value is -0.570. The molecule has 0 bridgehead atoms. The van der Waals surface area contributed by atoms with Crippen molar-refractivity contribution >= 4 is 5.91 Å². The molecule has 76 valence electrons. The van der Waals surface area contributed by atoms with Crippen LogP contribution in [0, 0.1) is 11.3 Å². The van der Waals surface area contributed by atoms with Crippen LogP contribution in [0.4, 0.5) is 0 Å². The van der Waals surface area contributed by atoms with Crippen LogP contribution in [0.2, 0.25) is 0 Å². The Morgan fingerprint density at radius 3 is 2.54 bits per heavy atom. The predicted octanol–water partition coefficient (Wildman–Crippen LogP) is 0.921. The molecule has 1 saturated carbocycles. The summed E-state index contributed by atoms with van der Waals surface area (Å²) in [4.78, 5) is 11.2. The van der Waals surface area contributed by atoms with E-state index in [0.29, 0.717) is 0 Å². The van der Waals surface area contributed by atoms with Crippen molar-refractivity contribution in [1.82, 2.24) is 5.32 Å². The molecule has 1 aliphatic rings. The molecule has 0 heterocycles. The Balaban J connectivity index is 2.22. The first-order valence-electron chi connectivity index (χ1n) is 4.98. The molecule has 1 fully saturated rings. The second-order valence-corrected chi connectivity index (χ2v) is 4.35. The summed E-state index contributed by atoms with van der Waals surface area (Å²) in [7, 11) is 0. The first kappa shape index (κ1) is 10.5. The molecule has 1 amide bonds. The smallest absolute Gasteiger partial charge is 0.222 e. The fourth-order valence-corrected chi connectivity index (χ4v) is 1.41. The zero-order valence-corrected chi connectivity index (χ0v) is 8.47. The Labute approximate surface area is 79.5 Å². The van der Waals surface area contributed by atoms with Gasteiger partial charge in [0.15, 0.2) is 0 Å². The number of hydrogen-bond acceptors (Lipinski definition) is 2. The SMILES string of the molecule is CC(C)C(=O)NCC1(CCO)CC1. The Kier molecular flexibility index (Phi) is 3.31. The van der Waals surface area contributed by atoms with Gasteiger partial charge in [-0.05, 0) is 24.7 Å². The maximum absolute atomic E-state index is 11.2. The number of nitrogens with one attached hydrogen (secondary N) is 1. The fraction of sp³-hybridized carbons (Fsp3) is 0.900. The van der Waals surface area contributed by atoms with Crippen LogP contribution in [0.5, 0.6) is 0 Å². The van der Waals surface area contributed by atoms with Crippen LogP contribution in [-0.4, -0.2) is 24.2 Å². The van der Waals surface area contributed by atoms with Gasteiger partial charge in [0.2, 0.25) is 5.91 Å². The minimum atomic E-state index is 0.0601. The second-order valence-electron chi connectivity index (χ2n) is 4.35. The third-order valence-electron chi connectivity index (χ3n) is 2.76. The average Bonchev–Trinajstić information content (AvgIpc) is 2.82. The molecule has 2 N–H and O–H groups in total. The second kappa shape index (κ2) is 4.09. The maximum atomic E-state index is 11.2. The summed E-state index contributed by atoms with van der Waals surface area (Å²) in [6.07, 6.45) is 3.11. The Bertz CT molecular complexity index is 185. The van der Waals surface area contributed by atoms with Gasteiger partial charge in [-0.3, -0.25) is 4.79 Å². The van der Waals surface area contributed by atoms with Gasteiger partial charge in [-0.1, -0.05) is 13.8 Å². The summed E-state index contributed by atoms with van der Waals surface area (Å²) in [5, 5.41) is 11.7. The van der Waals surface area contributed by atoms with E-state index in [9.17, 15) is 4.79 Å². The molecular weight excluding hydrogens is 166 g/mol. The molecule has 13 heavy (non-hydrogen) atoms. The summed E-state index contributed by atoms with van der Waals surface area (Å²) in [5.41, 5.74) is 0.235. The lowest BCUT2D eigenvalue weighted by molar-refractivity contribution is -0.124. The molecule has 0 atom stereocenters. The van der Waals surface area contributed by atoms with E-state index in [1.54, 1.807) is 0 Å². The standard InChI is InChI=1S/C10H19NO2/c1-8(2)9(13)11-7-10(3-4-10)5-6-12/h8,12H,3-7H2,1-2H3,(H,11,13). The third kappa shape index (κ3) is 2.99. The van der Waals surface area contributed by atoms with Crippen molar-refractivity contribution < 1.29 is 9.90 Å². The van der Waals surface area contributed by atoms with Gasteiger partial charge in [0.1, 0.15) is 0 Å². The topological polar surface area (TPSA) is 49.3 Å². The number of carbonyl (C=O) groups is 1. The monoisotopic (exact) mass is 185 g/mol. The van der Waals surface area contributed by atoms with E-state index in [0.717, 1.165) is 25.8 Å². The van der Waals surface area contributed by atoms with Crippen molar-refractivity contribution in [3.05, 3.63) is 0 Å². The van der Waals surface area contributed by atoms with Crippen molar-refractivity contribution in [1.29, 1.82) is 0 Å². The van der Waals surface area contributed by atoms with Crippen LogP contribution >= 0.6 is 0 Å². The molecule has 0 saturated heterocycles. The number of amides is 1. The van der Waals surface area contributed by atoms with Gasteiger partial charge in [0, 0.05) is 19.1 Å². The van der Waals surface area contributed by atoms with Crippen LogP contribution in [0.25, 0.3) is 0 Å². The van der Waals surface area contributed by atoms with E-state index in [1.807, 2.05) is 13.8 Å². The highest BCUT2D eigenvalue weighted by Gasteiger charge is 2.41. The molecule has 0 spiro atoms. The number of aliphatic hydroxyl groups excluding tert-OH is 1. The number of rotatable bonds is 5. The van der Waals surface area contributed by atoms with Crippen LogP contribution in [0.1, 0.15) is 33.1 Å². The van der Waals surface area contributed by atoms with Crippen LogP contribution in [0.3, 0.4) is 0 Å². The molecule has 1 rings (SSSR count). The van der Waals surface area contributed by atoms with Crippen molar-refractivity contribution in [2.45, 2.75) is 33.1 Å². The first-order chi connectivity index (χ1) is 6.09. The summed E-state index contributed by atoms with van der Waals surface area (Å²) in [5.74, 6) is 0.175. The van der Waals surface area contributed by atoms with Gasteiger partial charge in [-0.15, -0.1) is 0 Å². The minimum Gasteiger partial charge on any atom is -0.396 e. The van der Waals surface area contributed by atoms with Gasteiger partial charge < -0.3 is 10.4 Å². The van der Waals surface area contributed by atoms with E-state index in [-0.39, 0.29) is 23.8 Å². The highest BCUT2D eigenvalue weighted by Crippen LogP contribution is 2.47. The quantitative estimate of drug-likeness (QED) is 0.669. The summed E-state index contributed by atoms with van der Waals surface area (Å²) in [6, 6.07) is 0. The molecule has 3 nitrogen and oxygen atoms in total. The molecule has 0 aromatic carbocycles. The van der Waals surface area contributed by atoms with E-state index in [4.69, 9.17) is 5.11 Å². The molecule has 0 aromatic rings. The first-order valence-corrected chi connectivity index (χ1v) is 4.98.